The van der Waals surface area contributed by atoms with E-state index in [9.17, 15) is 18.8 Å². The molecule has 0 heterocycles. The summed E-state index contributed by atoms with van der Waals surface area (Å²) in [6.07, 6.45) is -0.257. The first-order valence-corrected chi connectivity index (χ1v) is 8.22. The summed E-state index contributed by atoms with van der Waals surface area (Å²) in [6.45, 7) is 3.38. The molecule has 26 heavy (non-hydrogen) atoms. The number of Topliss-reactive ketones (excluding diaryl/α,β-unsaturated/α-hetero) is 1. The molecule has 0 saturated carbocycles. The van der Waals surface area contributed by atoms with Gasteiger partial charge >= 0.3 is 11.9 Å². The minimum atomic E-state index is -0.798. The second-order valence-electron chi connectivity index (χ2n) is 5.39. The Hall–Kier alpha value is -3.02. The van der Waals surface area contributed by atoms with E-state index in [-0.39, 0.29) is 42.1 Å². The van der Waals surface area contributed by atoms with Crippen LogP contribution in [0.1, 0.15) is 50.5 Å². The highest BCUT2D eigenvalue weighted by Crippen LogP contribution is 2.22. The lowest BCUT2D eigenvalue weighted by Crippen LogP contribution is -2.18. The molecule has 0 radical (unpaired) electrons. The van der Waals surface area contributed by atoms with Crippen molar-refractivity contribution in [3.63, 3.8) is 0 Å². The molecule has 5 nitrogen and oxygen atoms in total. The van der Waals surface area contributed by atoms with Gasteiger partial charge in [-0.25, -0.2) is 14.0 Å². The third-order valence-corrected chi connectivity index (χ3v) is 3.64. The van der Waals surface area contributed by atoms with E-state index in [2.05, 4.69) is 0 Å². The average Bonchev–Trinajstić information content (AvgIpc) is 2.63. The van der Waals surface area contributed by atoms with Crippen LogP contribution in [-0.4, -0.2) is 30.9 Å². The Morgan fingerprint density at radius 1 is 0.885 bits per heavy atom. The molecule has 0 unspecified atom stereocenters. The standard InChI is InChI=1S/C20H19FO5/c1-3-25-19(23)16-10-14(21)11-17(20(24)26-4-2)15(16)12-18(22)13-8-6-5-7-9-13/h5-11H,3-4,12H2,1-2H3. The minimum absolute atomic E-state index is 0.0795. The molecule has 0 spiro atoms. The predicted octanol–water partition coefficient (Wildman–Crippen LogP) is 3.60. The molecule has 0 atom stereocenters. The molecule has 0 aliphatic heterocycles. The molecule has 0 aliphatic rings. The van der Waals surface area contributed by atoms with Crippen LogP contribution in [0.3, 0.4) is 0 Å². The number of carbonyl (C=O) groups excluding carboxylic acids is 3. The number of halogens is 1. The van der Waals surface area contributed by atoms with Crippen LogP contribution in [0, 0.1) is 5.82 Å². The summed E-state index contributed by atoms with van der Waals surface area (Å²) in [5.41, 5.74) is 0.206. The summed E-state index contributed by atoms with van der Waals surface area (Å²) < 4.78 is 23.8. The highest BCUT2D eigenvalue weighted by atomic mass is 19.1. The highest BCUT2D eigenvalue weighted by Gasteiger charge is 2.24. The van der Waals surface area contributed by atoms with Crippen molar-refractivity contribution in [1.29, 1.82) is 0 Å². The van der Waals surface area contributed by atoms with E-state index in [4.69, 9.17) is 9.47 Å². The van der Waals surface area contributed by atoms with E-state index in [1.54, 1.807) is 44.2 Å². The maximum Gasteiger partial charge on any atom is 0.338 e. The zero-order valence-electron chi connectivity index (χ0n) is 14.6. The Kier molecular flexibility index (Phi) is 6.60. The first-order valence-electron chi connectivity index (χ1n) is 8.22. The molecule has 0 fully saturated rings. The summed E-state index contributed by atoms with van der Waals surface area (Å²) in [6, 6.07) is 10.4. The number of ketones is 1. The Morgan fingerprint density at radius 3 is 1.85 bits per heavy atom. The lowest BCUT2D eigenvalue weighted by atomic mass is 9.94. The van der Waals surface area contributed by atoms with E-state index in [0.717, 1.165) is 12.1 Å². The summed E-state index contributed by atoms with van der Waals surface area (Å²) in [5.74, 6) is -2.69. The highest BCUT2D eigenvalue weighted by molar-refractivity contribution is 6.04. The maximum atomic E-state index is 14.0. The van der Waals surface area contributed by atoms with E-state index in [0.29, 0.717) is 5.56 Å². The number of hydrogen-bond donors (Lipinski definition) is 0. The van der Waals surface area contributed by atoms with Crippen LogP contribution < -0.4 is 0 Å². The quantitative estimate of drug-likeness (QED) is 0.559. The van der Waals surface area contributed by atoms with Crippen LogP contribution in [0.25, 0.3) is 0 Å². The fourth-order valence-corrected chi connectivity index (χ4v) is 2.50. The Labute approximate surface area is 150 Å². The van der Waals surface area contributed by atoms with Crippen molar-refractivity contribution in [3.8, 4) is 0 Å². The van der Waals surface area contributed by atoms with Crippen LogP contribution in [0.5, 0.6) is 0 Å². The molecule has 136 valence electrons. The third-order valence-electron chi connectivity index (χ3n) is 3.64. The van der Waals surface area contributed by atoms with Gasteiger partial charge in [0.15, 0.2) is 5.78 Å². The first kappa shape index (κ1) is 19.3. The van der Waals surface area contributed by atoms with E-state index >= 15 is 0 Å². The Balaban J connectivity index is 2.53. The molecule has 0 amide bonds. The Bertz CT molecular complexity index is 775. The molecule has 2 aromatic rings. The fourth-order valence-electron chi connectivity index (χ4n) is 2.50. The number of ether oxygens (including phenoxy) is 2. The van der Waals surface area contributed by atoms with Gasteiger partial charge in [0.1, 0.15) is 5.82 Å². The molecule has 0 N–H and O–H groups in total. The van der Waals surface area contributed by atoms with E-state index < -0.39 is 17.8 Å². The third kappa shape index (κ3) is 4.53. The monoisotopic (exact) mass is 358 g/mol. The smallest absolute Gasteiger partial charge is 0.338 e. The Morgan fingerprint density at radius 2 is 1.38 bits per heavy atom. The summed E-state index contributed by atoms with van der Waals surface area (Å²) in [7, 11) is 0. The zero-order valence-corrected chi connectivity index (χ0v) is 14.6. The number of benzene rings is 2. The van der Waals surface area contributed by atoms with Crippen molar-refractivity contribution in [2.75, 3.05) is 13.2 Å². The van der Waals surface area contributed by atoms with Gasteiger partial charge in [0, 0.05) is 12.0 Å². The van der Waals surface area contributed by atoms with Crippen LogP contribution in [0.4, 0.5) is 4.39 Å². The van der Waals surface area contributed by atoms with Crippen LogP contribution in [-0.2, 0) is 15.9 Å². The number of carbonyl (C=O) groups is 3. The fraction of sp³-hybridized carbons (Fsp3) is 0.250. The second-order valence-corrected chi connectivity index (χ2v) is 5.39. The number of rotatable bonds is 7. The first-order chi connectivity index (χ1) is 12.5. The van der Waals surface area contributed by atoms with Gasteiger partial charge in [0.2, 0.25) is 0 Å². The van der Waals surface area contributed by atoms with Crippen LogP contribution >= 0.6 is 0 Å². The van der Waals surface area contributed by atoms with Crippen LogP contribution in [0.2, 0.25) is 0 Å². The SMILES string of the molecule is CCOC(=O)c1cc(F)cc(C(=O)OCC)c1CC(=O)c1ccccc1. The van der Waals surface area contributed by atoms with E-state index in [1.807, 2.05) is 0 Å². The summed E-state index contributed by atoms with van der Waals surface area (Å²) in [4.78, 5) is 37.0. The van der Waals surface area contributed by atoms with Gasteiger partial charge in [-0.3, -0.25) is 4.79 Å². The molecule has 2 rings (SSSR count). The van der Waals surface area contributed by atoms with Gasteiger partial charge in [-0.05, 0) is 31.5 Å². The zero-order chi connectivity index (χ0) is 19.1. The van der Waals surface area contributed by atoms with Gasteiger partial charge in [-0.2, -0.15) is 0 Å². The lowest BCUT2D eigenvalue weighted by molar-refractivity contribution is 0.0522. The molecule has 0 bridgehead atoms. The number of hydrogen-bond acceptors (Lipinski definition) is 5. The summed E-state index contributed by atoms with van der Waals surface area (Å²) in [5, 5.41) is 0. The number of esters is 2. The van der Waals surface area contributed by atoms with E-state index in [1.165, 1.54) is 0 Å². The van der Waals surface area contributed by atoms with Gasteiger partial charge in [0.05, 0.1) is 24.3 Å². The van der Waals surface area contributed by atoms with Gasteiger partial charge < -0.3 is 9.47 Å². The predicted molar refractivity (Wildman–Crippen MR) is 92.8 cm³/mol. The second kappa shape index (κ2) is 8.89. The molecule has 0 aliphatic carbocycles. The topological polar surface area (TPSA) is 69.7 Å². The largest absolute Gasteiger partial charge is 0.462 e. The van der Waals surface area contributed by atoms with Crippen molar-refractivity contribution in [1.82, 2.24) is 0 Å². The van der Waals surface area contributed by atoms with Gasteiger partial charge in [-0.15, -0.1) is 0 Å². The van der Waals surface area contributed by atoms with Gasteiger partial charge in [-0.1, -0.05) is 30.3 Å². The minimum Gasteiger partial charge on any atom is -0.462 e. The van der Waals surface area contributed by atoms with Crippen molar-refractivity contribution in [3.05, 3.63) is 70.5 Å². The van der Waals surface area contributed by atoms with Gasteiger partial charge in [0.25, 0.3) is 0 Å². The summed E-state index contributed by atoms with van der Waals surface area (Å²) >= 11 is 0. The molecular formula is C20H19FO5. The van der Waals surface area contributed by atoms with Crippen molar-refractivity contribution >= 4 is 17.7 Å². The van der Waals surface area contributed by atoms with Crippen LogP contribution in [0.15, 0.2) is 42.5 Å². The molecule has 0 saturated heterocycles. The maximum absolute atomic E-state index is 14.0. The molecule has 0 aromatic heterocycles. The molecule has 6 heteroatoms. The average molecular weight is 358 g/mol. The van der Waals surface area contributed by atoms with Crippen molar-refractivity contribution in [2.24, 2.45) is 0 Å². The van der Waals surface area contributed by atoms with Crippen molar-refractivity contribution in [2.45, 2.75) is 20.3 Å². The van der Waals surface area contributed by atoms with Crippen molar-refractivity contribution < 1.29 is 28.2 Å². The molecule has 2 aromatic carbocycles. The molecular weight excluding hydrogens is 339 g/mol. The lowest BCUT2D eigenvalue weighted by Gasteiger charge is -2.14. The normalized spacial score (nSPS) is 10.3.